The lowest BCUT2D eigenvalue weighted by Gasteiger charge is -2.44. The third kappa shape index (κ3) is 3.79. The van der Waals surface area contributed by atoms with Gasteiger partial charge in [0, 0.05) is 10.9 Å². The van der Waals surface area contributed by atoms with Gasteiger partial charge in [0.15, 0.2) is 0 Å². The van der Waals surface area contributed by atoms with Crippen molar-refractivity contribution in [3.63, 3.8) is 0 Å². The summed E-state index contributed by atoms with van der Waals surface area (Å²) in [4.78, 5) is 0. The molecule has 1 aliphatic rings. The molecule has 0 spiro atoms. The third-order valence-electron chi connectivity index (χ3n) is 3.97. The minimum atomic E-state index is -0.782. The minimum Gasteiger partial charge on any atom is -0.390 e. The highest BCUT2D eigenvalue weighted by Crippen LogP contribution is 2.45. The maximum atomic E-state index is 13.9. The Morgan fingerprint density at radius 2 is 2.05 bits per heavy atom. The Morgan fingerprint density at radius 1 is 1.37 bits per heavy atom. The van der Waals surface area contributed by atoms with E-state index >= 15 is 0 Å². The third-order valence-corrected chi connectivity index (χ3v) is 4.46. The monoisotopic (exact) mass is 328 g/mol. The molecule has 1 nitrogen and oxygen atoms in total. The van der Waals surface area contributed by atoms with Crippen molar-refractivity contribution in [3.05, 3.63) is 34.1 Å². The van der Waals surface area contributed by atoms with Crippen molar-refractivity contribution < 1.29 is 9.50 Å². The SMILES string of the molecule is CC1CC(C)(C)CC(O)(Cc2ccc(Br)cc2F)C1. The highest BCUT2D eigenvalue weighted by atomic mass is 79.9. The molecule has 0 bridgehead atoms. The van der Waals surface area contributed by atoms with Crippen LogP contribution in [0.25, 0.3) is 0 Å². The molecule has 19 heavy (non-hydrogen) atoms. The van der Waals surface area contributed by atoms with Crippen LogP contribution < -0.4 is 0 Å². The van der Waals surface area contributed by atoms with E-state index < -0.39 is 5.60 Å². The maximum Gasteiger partial charge on any atom is 0.127 e. The molecular formula is C16H22BrFO. The molecule has 1 aromatic carbocycles. The van der Waals surface area contributed by atoms with Gasteiger partial charge >= 0.3 is 0 Å². The zero-order valence-electron chi connectivity index (χ0n) is 11.8. The summed E-state index contributed by atoms with van der Waals surface area (Å²) in [6, 6.07) is 5.07. The molecule has 0 aromatic heterocycles. The summed E-state index contributed by atoms with van der Waals surface area (Å²) in [5, 5.41) is 10.8. The molecule has 2 unspecified atom stereocenters. The first-order valence-electron chi connectivity index (χ1n) is 6.85. The first-order valence-corrected chi connectivity index (χ1v) is 7.65. The van der Waals surface area contributed by atoms with Gasteiger partial charge in [0.1, 0.15) is 5.82 Å². The first kappa shape index (κ1) is 15.0. The van der Waals surface area contributed by atoms with Gasteiger partial charge in [0.2, 0.25) is 0 Å². The van der Waals surface area contributed by atoms with Crippen LogP contribution in [0.4, 0.5) is 4.39 Å². The van der Waals surface area contributed by atoms with Gasteiger partial charge in [-0.1, -0.05) is 42.8 Å². The molecule has 106 valence electrons. The Balaban J connectivity index is 2.21. The van der Waals surface area contributed by atoms with Gasteiger partial charge in [0.25, 0.3) is 0 Å². The predicted molar refractivity (Wildman–Crippen MR) is 79.5 cm³/mol. The molecule has 0 saturated heterocycles. The standard InChI is InChI=1S/C16H22BrFO/c1-11-7-15(2,3)10-16(19,8-11)9-12-4-5-13(17)6-14(12)18/h4-6,11,19H,7-10H2,1-3H3. The van der Waals surface area contributed by atoms with Crippen LogP contribution in [0.1, 0.15) is 45.6 Å². The zero-order valence-corrected chi connectivity index (χ0v) is 13.4. The van der Waals surface area contributed by atoms with Crippen LogP contribution in [-0.4, -0.2) is 10.7 Å². The van der Waals surface area contributed by atoms with Crippen LogP contribution in [0.5, 0.6) is 0 Å². The normalized spacial score (nSPS) is 30.3. The van der Waals surface area contributed by atoms with Gasteiger partial charge in [0.05, 0.1) is 5.60 Å². The number of hydrogen-bond acceptors (Lipinski definition) is 1. The predicted octanol–water partition coefficient (Wildman–Crippen LogP) is 4.71. The van der Waals surface area contributed by atoms with E-state index in [0.717, 1.165) is 23.7 Å². The second-order valence-electron chi connectivity index (χ2n) is 6.99. The average Bonchev–Trinajstić information content (AvgIpc) is 2.18. The molecule has 1 aliphatic carbocycles. The van der Waals surface area contributed by atoms with Crippen LogP contribution in [0.3, 0.4) is 0 Å². The van der Waals surface area contributed by atoms with Crippen molar-refractivity contribution >= 4 is 15.9 Å². The van der Waals surface area contributed by atoms with E-state index in [1.807, 2.05) is 6.07 Å². The highest BCUT2D eigenvalue weighted by molar-refractivity contribution is 9.10. The smallest absolute Gasteiger partial charge is 0.127 e. The van der Waals surface area contributed by atoms with E-state index in [9.17, 15) is 9.50 Å². The Kier molecular flexibility index (Phi) is 4.08. The van der Waals surface area contributed by atoms with Crippen molar-refractivity contribution in [2.75, 3.05) is 0 Å². The van der Waals surface area contributed by atoms with Crippen molar-refractivity contribution in [2.45, 2.75) is 52.1 Å². The van der Waals surface area contributed by atoms with Crippen LogP contribution in [0.2, 0.25) is 0 Å². The molecule has 0 aliphatic heterocycles. The van der Waals surface area contributed by atoms with E-state index in [-0.39, 0.29) is 11.2 Å². The van der Waals surface area contributed by atoms with Gasteiger partial charge in [-0.2, -0.15) is 0 Å². The summed E-state index contributed by atoms with van der Waals surface area (Å²) in [7, 11) is 0. The molecule has 1 aromatic rings. The summed E-state index contributed by atoms with van der Waals surface area (Å²) >= 11 is 3.26. The molecule has 2 atom stereocenters. The first-order chi connectivity index (χ1) is 8.69. The van der Waals surface area contributed by atoms with E-state index in [1.165, 1.54) is 6.07 Å². The summed E-state index contributed by atoms with van der Waals surface area (Å²) < 4.78 is 14.7. The van der Waals surface area contributed by atoms with Crippen LogP contribution in [-0.2, 0) is 6.42 Å². The summed E-state index contributed by atoms with van der Waals surface area (Å²) in [5.41, 5.74) is -0.0516. The van der Waals surface area contributed by atoms with Gasteiger partial charge < -0.3 is 5.11 Å². The molecular weight excluding hydrogens is 307 g/mol. The topological polar surface area (TPSA) is 20.2 Å². The summed E-state index contributed by atoms with van der Waals surface area (Å²) in [6.07, 6.45) is 3.02. The second kappa shape index (κ2) is 5.17. The van der Waals surface area contributed by atoms with Crippen molar-refractivity contribution in [1.29, 1.82) is 0 Å². The molecule has 1 saturated carbocycles. The Labute approximate surface area is 123 Å². The number of aliphatic hydroxyl groups is 1. The lowest BCUT2D eigenvalue weighted by Crippen LogP contribution is -2.43. The van der Waals surface area contributed by atoms with E-state index in [1.54, 1.807) is 6.07 Å². The Morgan fingerprint density at radius 3 is 2.63 bits per heavy atom. The van der Waals surface area contributed by atoms with Gasteiger partial charge in [-0.15, -0.1) is 0 Å². The van der Waals surface area contributed by atoms with Crippen molar-refractivity contribution in [2.24, 2.45) is 11.3 Å². The number of rotatable bonds is 2. The zero-order chi connectivity index (χ0) is 14.3. The highest BCUT2D eigenvalue weighted by Gasteiger charge is 2.41. The number of benzene rings is 1. The van der Waals surface area contributed by atoms with Gasteiger partial charge in [-0.05, 0) is 48.3 Å². The van der Waals surface area contributed by atoms with Crippen LogP contribution >= 0.6 is 15.9 Å². The fourth-order valence-corrected chi connectivity index (χ4v) is 4.19. The lowest BCUT2D eigenvalue weighted by molar-refractivity contribution is -0.0579. The molecule has 1 N–H and O–H groups in total. The maximum absolute atomic E-state index is 13.9. The van der Waals surface area contributed by atoms with Crippen molar-refractivity contribution in [1.82, 2.24) is 0 Å². The molecule has 0 amide bonds. The fraction of sp³-hybridized carbons (Fsp3) is 0.625. The van der Waals surface area contributed by atoms with Crippen LogP contribution in [0.15, 0.2) is 22.7 Å². The van der Waals surface area contributed by atoms with Crippen molar-refractivity contribution in [3.8, 4) is 0 Å². The molecule has 0 heterocycles. The second-order valence-corrected chi connectivity index (χ2v) is 7.91. The summed E-state index contributed by atoms with van der Waals surface area (Å²) in [5.74, 6) is 0.242. The van der Waals surface area contributed by atoms with Gasteiger partial charge in [-0.25, -0.2) is 4.39 Å². The van der Waals surface area contributed by atoms with Crippen LogP contribution in [0, 0.1) is 17.2 Å². The number of hydrogen-bond donors (Lipinski definition) is 1. The molecule has 1 fully saturated rings. The summed E-state index contributed by atoms with van der Waals surface area (Å²) in [6.45, 7) is 6.54. The Hall–Kier alpha value is -0.410. The largest absolute Gasteiger partial charge is 0.390 e. The van der Waals surface area contributed by atoms with E-state index in [2.05, 4.69) is 36.7 Å². The number of halogens is 2. The van der Waals surface area contributed by atoms with E-state index in [4.69, 9.17) is 0 Å². The average molecular weight is 329 g/mol. The fourth-order valence-electron chi connectivity index (χ4n) is 3.85. The lowest BCUT2D eigenvalue weighted by atomic mass is 9.64. The molecule has 3 heteroatoms. The molecule has 2 rings (SSSR count). The van der Waals surface area contributed by atoms with Gasteiger partial charge in [-0.3, -0.25) is 0 Å². The quantitative estimate of drug-likeness (QED) is 0.833. The minimum absolute atomic E-state index is 0.123. The van der Waals surface area contributed by atoms with E-state index in [0.29, 0.717) is 17.9 Å². The Bertz CT molecular complexity index is 472. The molecule has 0 radical (unpaired) electrons.